The molecule has 2 nitrogen and oxygen atoms in total. The van der Waals surface area contributed by atoms with Crippen LogP contribution in [0.3, 0.4) is 0 Å². The van der Waals surface area contributed by atoms with E-state index in [2.05, 4.69) is 45.1 Å². The summed E-state index contributed by atoms with van der Waals surface area (Å²) in [7, 11) is 4.31. The Morgan fingerprint density at radius 3 is 2.53 bits per heavy atom. The molecule has 1 aliphatic carbocycles. The minimum atomic E-state index is 0.379. The summed E-state index contributed by atoms with van der Waals surface area (Å²) < 4.78 is 0. The molecule has 0 aromatic heterocycles. The average Bonchev–Trinajstić information content (AvgIpc) is 2.15. The van der Waals surface area contributed by atoms with Crippen LogP contribution in [0, 0.1) is 17.3 Å². The first-order valence-electron chi connectivity index (χ1n) is 7.24. The highest BCUT2D eigenvalue weighted by atomic mass is 15.1. The molecule has 0 heterocycles. The summed E-state index contributed by atoms with van der Waals surface area (Å²) >= 11 is 0. The van der Waals surface area contributed by atoms with Gasteiger partial charge in [0.25, 0.3) is 0 Å². The van der Waals surface area contributed by atoms with E-state index >= 15 is 0 Å². The fourth-order valence-electron chi connectivity index (χ4n) is 3.27. The molecule has 1 aliphatic rings. The minimum Gasteiger partial charge on any atom is -0.316 e. The van der Waals surface area contributed by atoms with Crippen LogP contribution >= 0.6 is 0 Å². The van der Waals surface area contributed by atoms with Crippen LogP contribution in [0.25, 0.3) is 0 Å². The van der Waals surface area contributed by atoms with E-state index in [9.17, 15) is 0 Å². The molecule has 1 N–H and O–H groups in total. The van der Waals surface area contributed by atoms with Crippen LogP contribution in [0.4, 0.5) is 0 Å². The summed E-state index contributed by atoms with van der Waals surface area (Å²) in [5, 5.41) is 3.69. The summed E-state index contributed by atoms with van der Waals surface area (Å²) in [6.45, 7) is 10.6. The highest BCUT2D eigenvalue weighted by Gasteiger charge is 2.21. The Hall–Kier alpha value is -0.0800. The van der Waals surface area contributed by atoms with E-state index in [0.717, 1.165) is 24.9 Å². The standard InChI is InChI=1S/C15H32N2/c1-13-7-6-8-14(9-13)10-16-11-15(2,3)12-17(4)5/h13-14,16H,6-12H2,1-5H3. The number of nitrogens with zero attached hydrogens (tertiary/aromatic N) is 1. The summed E-state index contributed by atoms with van der Waals surface area (Å²) in [5.41, 5.74) is 0.379. The largest absolute Gasteiger partial charge is 0.316 e. The Morgan fingerprint density at radius 2 is 1.94 bits per heavy atom. The lowest BCUT2D eigenvalue weighted by molar-refractivity contribution is 0.217. The molecule has 2 unspecified atom stereocenters. The maximum Gasteiger partial charge on any atom is 0.00387 e. The van der Waals surface area contributed by atoms with Crippen molar-refractivity contribution in [2.24, 2.45) is 17.3 Å². The Morgan fingerprint density at radius 1 is 1.24 bits per heavy atom. The van der Waals surface area contributed by atoms with Crippen molar-refractivity contribution in [2.45, 2.75) is 46.5 Å². The van der Waals surface area contributed by atoms with Crippen molar-refractivity contribution in [3.8, 4) is 0 Å². The van der Waals surface area contributed by atoms with Gasteiger partial charge in [-0.25, -0.2) is 0 Å². The van der Waals surface area contributed by atoms with Gasteiger partial charge in [-0.15, -0.1) is 0 Å². The molecular weight excluding hydrogens is 208 g/mol. The fraction of sp³-hybridized carbons (Fsp3) is 1.00. The third-order valence-corrected chi connectivity index (χ3v) is 3.83. The molecule has 0 bridgehead atoms. The zero-order valence-electron chi connectivity index (χ0n) is 12.6. The van der Waals surface area contributed by atoms with Gasteiger partial charge in [0.05, 0.1) is 0 Å². The van der Waals surface area contributed by atoms with E-state index in [1.807, 2.05) is 0 Å². The fourth-order valence-corrected chi connectivity index (χ4v) is 3.27. The molecule has 2 atom stereocenters. The lowest BCUT2D eigenvalue weighted by Crippen LogP contribution is -2.39. The van der Waals surface area contributed by atoms with Crippen LogP contribution in [0.15, 0.2) is 0 Å². The molecule has 1 saturated carbocycles. The van der Waals surface area contributed by atoms with Gasteiger partial charge >= 0.3 is 0 Å². The highest BCUT2D eigenvalue weighted by molar-refractivity contribution is 4.77. The van der Waals surface area contributed by atoms with E-state index in [0.29, 0.717) is 5.41 Å². The Kier molecular flexibility index (Phi) is 5.94. The summed E-state index contributed by atoms with van der Waals surface area (Å²) in [4.78, 5) is 2.28. The third-order valence-electron chi connectivity index (χ3n) is 3.83. The first-order chi connectivity index (χ1) is 7.89. The highest BCUT2D eigenvalue weighted by Crippen LogP contribution is 2.28. The summed E-state index contributed by atoms with van der Waals surface area (Å²) in [5.74, 6) is 1.87. The lowest BCUT2D eigenvalue weighted by atomic mass is 9.82. The maximum atomic E-state index is 3.69. The van der Waals surface area contributed by atoms with Gasteiger partial charge in [0.15, 0.2) is 0 Å². The second kappa shape index (κ2) is 6.75. The molecule has 1 rings (SSSR count). The Bertz CT molecular complexity index is 211. The van der Waals surface area contributed by atoms with Crippen LogP contribution in [-0.4, -0.2) is 38.6 Å². The van der Waals surface area contributed by atoms with E-state index < -0.39 is 0 Å². The molecule has 1 fully saturated rings. The van der Waals surface area contributed by atoms with Gasteiger partial charge in [0, 0.05) is 13.1 Å². The Labute approximate surface area is 108 Å². The van der Waals surface area contributed by atoms with E-state index in [1.54, 1.807) is 0 Å². The molecular formula is C15H32N2. The van der Waals surface area contributed by atoms with Crippen LogP contribution in [0.1, 0.15) is 46.5 Å². The predicted molar refractivity (Wildman–Crippen MR) is 76.3 cm³/mol. The van der Waals surface area contributed by atoms with Crippen molar-refractivity contribution in [3.05, 3.63) is 0 Å². The molecule has 0 saturated heterocycles. The van der Waals surface area contributed by atoms with Crippen molar-refractivity contribution < 1.29 is 0 Å². The minimum absolute atomic E-state index is 0.379. The molecule has 2 heteroatoms. The molecule has 0 spiro atoms. The van der Waals surface area contributed by atoms with Gasteiger partial charge < -0.3 is 10.2 Å². The topological polar surface area (TPSA) is 15.3 Å². The smallest absolute Gasteiger partial charge is 0.00387 e. The van der Waals surface area contributed by atoms with E-state index in [1.165, 1.54) is 32.2 Å². The van der Waals surface area contributed by atoms with Crippen molar-refractivity contribution in [1.29, 1.82) is 0 Å². The predicted octanol–water partition coefficient (Wildman–Crippen LogP) is 2.99. The van der Waals surface area contributed by atoms with Gasteiger partial charge in [0.1, 0.15) is 0 Å². The van der Waals surface area contributed by atoms with Crippen LogP contribution in [0.2, 0.25) is 0 Å². The zero-order valence-corrected chi connectivity index (χ0v) is 12.6. The number of rotatable bonds is 6. The molecule has 0 radical (unpaired) electrons. The molecule has 0 aromatic carbocycles. The maximum absolute atomic E-state index is 3.69. The van der Waals surface area contributed by atoms with Crippen molar-refractivity contribution in [1.82, 2.24) is 10.2 Å². The van der Waals surface area contributed by atoms with Crippen molar-refractivity contribution in [2.75, 3.05) is 33.7 Å². The normalized spacial score (nSPS) is 26.5. The molecule has 0 aliphatic heterocycles. The molecule has 102 valence electrons. The van der Waals surface area contributed by atoms with Crippen molar-refractivity contribution >= 4 is 0 Å². The number of nitrogens with one attached hydrogen (secondary N) is 1. The van der Waals surface area contributed by atoms with E-state index in [-0.39, 0.29) is 0 Å². The first kappa shape index (κ1) is 15.0. The monoisotopic (exact) mass is 240 g/mol. The quantitative estimate of drug-likeness (QED) is 0.768. The van der Waals surface area contributed by atoms with Gasteiger partial charge in [0.2, 0.25) is 0 Å². The molecule has 17 heavy (non-hydrogen) atoms. The van der Waals surface area contributed by atoms with Crippen molar-refractivity contribution in [3.63, 3.8) is 0 Å². The molecule has 0 aromatic rings. The van der Waals surface area contributed by atoms with Gasteiger partial charge in [-0.05, 0) is 50.7 Å². The van der Waals surface area contributed by atoms with Crippen LogP contribution in [0.5, 0.6) is 0 Å². The third kappa shape index (κ3) is 6.42. The van der Waals surface area contributed by atoms with Crippen LogP contribution in [-0.2, 0) is 0 Å². The second-order valence-corrected chi connectivity index (χ2v) is 7.17. The SMILES string of the molecule is CC1CCCC(CNCC(C)(C)CN(C)C)C1. The summed E-state index contributed by atoms with van der Waals surface area (Å²) in [6, 6.07) is 0. The van der Waals surface area contributed by atoms with Crippen LogP contribution < -0.4 is 5.32 Å². The summed E-state index contributed by atoms with van der Waals surface area (Å²) in [6.07, 6.45) is 5.75. The number of hydrogen-bond donors (Lipinski definition) is 1. The van der Waals surface area contributed by atoms with E-state index in [4.69, 9.17) is 0 Å². The zero-order chi connectivity index (χ0) is 12.9. The first-order valence-corrected chi connectivity index (χ1v) is 7.24. The second-order valence-electron chi connectivity index (χ2n) is 7.17. The van der Waals surface area contributed by atoms with Gasteiger partial charge in [-0.2, -0.15) is 0 Å². The number of hydrogen-bond acceptors (Lipinski definition) is 2. The lowest BCUT2D eigenvalue weighted by Gasteiger charge is -2.31. The Balaban J connectivity index is 2.18. The van der Waals surface area contributed by atoms with Gasteiger partial charge in [-0.3, -0.25) is 0 Å². The average molecular weight is 240 g/mol. The van der Waals surface area contributed by atoms with Gasteiger partial charge in [-0.1, -0.05) is 33.6 Å². The molecule has 0 amide bonds.